The zero-order valence-electron chi connectivity index (χ0n) is 19.5. The fourth-order valence-electron chi connectivity index (χ4n) is 4.09. The minimum Gasteiger partial charge on any atom is -0.445 e. The quantitative estimate of drug-likeness (QED) is 0.181. The molecular formula is C31H22ClNO3. The number of ketones is 1. The Morgan fingerprint density at radius 2 is 1.47 bits per heavy atom. The van der Waals surface area contributed by atoms with Crippen molar-refractivity contribution in [2.24, 2.45) is 0 Å². The smallest absolute Gasteiger partial charge is 0.339 e. The molecule has 1 atom stereocenters. The van der Waals surface area contributed by atoms with Crippen molar-refractivity contribution in [3.63, 3.8) is 0 Å². The average Bonchev–Trinajstić information content (AvgIpc) is 2.92. The van der Waals surface area contributed by atoms with Crippen LogP contribution in [-0.4, -0.2) is 16.7 Å². The van der Waals surface area contributed by atoms with Crippen molar-refractivity contribution >= 4 is 34.3 Å². The van der Waals surface area contributed by atoms with E-state index < -0.39 is 12.1 Å². The summed E-state index contributed by atoms with van der Waals surface area (Å²) >= 11 is 6.43. The molecule has 1 aromatic heterocycles. The van der Waals surface area contributed by atoms with Gasteiger partial charge in [-0.3, -0.25) is 4.79 Å². The van der Waals surface area contributed by atoms with Crippen LogP contribution in [0.2, 0.25) is 5.02 Å². The molecule has 0 aliphatic heterocycles. The van der Waals surface area contributed by atoms with Crippen molar-refractivity contribution in [1.82, 2.24) is 4.98 Å². The molecule has 0 aliphatic rings. The lowest BCUT2D eigenvalue weighted by Crippen LogP contribution is -2.20. The van der Waals surface area contributed by atoms with Crippen molar-refractivity contribution in [2.75, 3.05) is 0 Å². The van der Waals surface area contributed by atoms with Gasteiger partial charge in [0.25, 0.3) is 0 Å². The van der Waals surface area contributed by atoms with Gasteiger partial charge in [0, 0.05) is 27.1 Å². The van der Waals surface area contributed by atoms with Gasteiger partial charge in [0.2, 0.25) is 5.78 Å². The van der Waals surface area contributed by atoms with Gasteiger partial charge >= 0.3 is 5.97 Å². The molecule has 0 saturated carbocycles. The van der Waals surface area contributed by atoms with Crippen LogP contribution in [0.15, 0.2) is 109 Å². The number of carbonyl (C=O) groups is 2. The number of halogens is 1. The van der Waals surface area contributed by atoms with Crippen LogP contribution in [0, 0.1) is 6.92 Å². The third kappa shape index (κ3) is 4.77. The SMILES string of the molecule is Cc1ccc(C(=O)[C@H](OC(=O)c2cc(-c3ccccc3Cl)nc3ccccc23)c2ccccc2)cc1. The predicted molar refractivity (Wildman–Crippen MR) is 142 cm³/mol. The van der Waals surface area contributed by atoms with Gasteiger partial charge in [0.15, 0.2) is 6.10 Å². The second kappa shape index (κ2) is 10.1. The number of Topliss-reactive ketones (excluding diaryl/α,β-unsaturated/α-hetero) is 1. The standard InChI is InChI=1S/C31H22ClNO3/c1-20-15-17-21(18-16-20)29(34)30(22-9-3-2-4-10-22)36-31(35)25-19-28(24-12-5-7-13-26(24)32)33-27-14-8-6-11-23(25)27/h2-19,30H,1H3/t30-/m1/s1. The van der Waals surface area contributed by atoms with Crippen molar-refractivity contribution in [3.05, 3.63) is 136 Å². The number of ether oxygens (including phenoxy) is 1. The molecule has 0 aliphatic carbocycles. The number of aryl methyl sites for hydroxylation is 1. The molecule has 176 valence electrons. The first-order chi connectivity index (χ1) is 17.5. The fourth-order valence-corrected chi connectivity index (χ4v) is 4.32. The number of para-hydroxylation sites is 1. The molecule has 0 fully saturated rings. The van der Waals surface area contributed by atoms with Gasteiger partial charge in [-0.25, -0.2) is 9.78 Å². The minimum atomic E-state index is -1.10. The number of benzene rings is 4. The molecule has 5 aromatic rings. The minimum absolute atomic E-state index is 0.292. The van der Waals surface area contributed by atoms with Crippen LogP contribution < -0.4 is 0 Å². The summed E-state index contributed by atoms with van der Waals surface area (Å²) in [5.41, 5.74) is 4.30. The van der Waals surface area contributed by atoms with Gasteiger partial charge in [0.1, 0.15) is 0 Å². The third-order valence-corrected chi connectivity index (χ3v) is 6.32. The molecule has 0 N–H and O–H groups in total. The Labute approximate surface area is 214 Å². The van der Waals surface area contributed by atoms with E-state index in [-0.39, 0.29) is 5.78 Å². The van der Waals surface area contributed by atoms with E-state index in [0.29, 0.717) is 43.9 Å². The van der Waals surface area contributed by atoms with Gasteiger partial charge in [0.05, 0.1) is 16.8 Å². The largest absolute Gasteiger partial charge is 0.445 e. The zero-order valence-corrected chi connectivity index (χ0v) is 20.3. The summed E-state index contributed by atoms with van der Waals surface area (Å²) < 4.78 is 5.95. The van der Waals surface area contributed by atoms with E-state index in [1.54, 1.807) is 36.4 Å². The van der Waals surface area contributed by atoms with Gasteiger partial charge in [-0.05, 0) is 25.1 Å². The topological polar surface area (TPSA) is 56.3 Å². The predicted octanol–water partition coefficient (Wildman–Crippen LogP) is 7.64. The van der Waals surface area contributed by atoms with Gasteiger partial charge in [-0.1, -0.05) is 108 Å². The summed E-state index contributed by atoms with van der Waals surface area (Å²) in [6, 6.07) is 32.6. The second-order valence-corrected chi connectivity index (χ2v) is 8.89. The van der Waals surface area contributed by atoms with E-state index >= 15 is 0 Å². The van der Waals surface area contributed by atoms with Crippen LogP contribution in [0.4, 0.5) is 0 Å². The Hall–Kier alpha value is -4.28. The fraction of sp³-hybridized carbons (Fsp3) is 0.0645. The summed E-state index contributed by atoms with van der Waals surface area (Å²) in [4.78, 5) is 31.9. The number of hydrogen-bond acceptors (Lipinski definition) is 4. The molecule has 0 amide bonds. The summed E-state index contributed by atoms with van der Waals surface area (Å²) in [5, 5.41) is 1.16. The van der Waals surface area contributed by atoms with Crippen LogP contribution >= 0.6 is 11.6 Å². The normalized spacial score (nSPS) is 11.7. The van der Waals surface area contributed by atoms with Crippen LogP contribution in [0.3, 0.4) is 0 Å². The lowest BCUT2D eigenvalue weighted by molar-refractivity contribution is 0.0282. The number of pyridine rings is 1. The van der Waals surface area contributed by atoms with Gasteiger partial charge in [-0.15, -0.1) is 0 Å². The number of nitrogens with zero attached hydrogens (tertiary/aromatic N) is 1. The maximum atomic E-state index is 13.7. The Bertz CT molecular complexity index is 1560. The van der Waals surface area contributed by atoms with E-state index in [4.69, 9.17) is 21.3 Å². The highest BCUT2D eigenvalue weighted by molar-refractivity contribution is 6.33. The maximum absolute atomic E-state index is 13.7. The van der Waals surface area contributed by atoms with Gasteiger partial charge < -0.3 is 4.74 Å². The molecular weight excluding hydrogens is 470 g/mol. The highest BCUT2D eigenvalue weighted by Gasteiger charge is 2.28. The summed E-state index contributed by atoms with van der Waals surface area (Å²) in [5.74, 6) is -0.907. The molecule has 0 spiro atoms. The van der Waals surface area contributed by atoms with Crippen molar-refractivity contribution in [2.45, 2.75) is 13.0 Å². The Morgan fingerprint density at radius 1 is 0.806 bits per heavy atom. The van der Waals surface area contributed by atoms with Crippen LogP contribution in [0.25, 0.3) is 22.2 Å². The molecule has 4 aromatic carbocycles. The highest BCUT2D eigenvalue weighted by Crippen LogP contribution is 2.31. The summed E-state index contributed by atoms with van der Waals surface area (Å²) in [6.45, 7) is 1.95. The first-order valence-corrected chi connectivity index (χ1v) is 11.9. The highest BCUT2D eigenvalue weighted by atomic mass is 35.5. The van der Waals surface area contributed by atoms with E-state index in [1.165, 1.54) is 0 Å². The molecule has 0 unspecified atom stereocenters. The molecule has 1 heterocycles. The molecule has 0 bridgehead atoms. The molecule has 4 nitrogen and oxygen atoms in total. The number of hydrogen-bond donors (Lipinski definition) is 0. The van der Waals surface area contributed by atoms with Crippen molar-refractivity contribution in [3.8, 4) is 11.3 Å². The molecule has 36 heavy (non-hydrogen) atoms. The van der Waals surface area contributed by atoms with E-state index in [2.05, 4.69) is 0 Å². The van der Waals surface area contributed by atoms with Gasteiger partial charge in [-0.2, -0.15) is 0 Å². The maximum Gasteiger partial charge on any atom is 0.339 e. The molecule has 0 radical (unpaired) electrons. The zero-order chi connectivity index (χ0) is 25.1. The van der Waals surface area contributed by atoms with E-state index in [1.807, 2.05) is 79.7 Å². The van der Waals surface area contributed by atoms with Crippen molar-refractivity contribution < 1.29 is 14.3 Å². The summed E-state index contributed by atoms with van der Waals surface area (Å²) in [6.07, 6.45) is -1.10. The third-order valence-electron chi connectivity index (χ3n) is 5.99. The molecule has 5 heteroatoms. The number of fused-ring (bicyclic) bond motifs is 1. The number of aromatic nitrogens is 1. The first-order valence-electron chi connectivity index (χ1n) is 11.5. The monoisotopic (exact) mass is 491 g/mol. The van der Waals surface area contributed by atoms with Crippen molar-refractivity contribution in [1.29, 1.82) is 0 Å². The Balaban J connectivity index is 1.58. The van der Waals surface area contributed by atoms with Crippen LogP contribution in [-0.2, 0) is 4.74 Å². The first kappa shape index (κ1) is 23.5. The lowest BCUT2D eigenvalue weighted by Gasteiger charge is -2.19. The van der Waals surface area contributed by atoms with E-state index in [9.17, 15) is 9.59 Å². The molecule has 0 saturated heterocycles. The number of carbonyl (C=O) groups excluding carboxylic acids is 2. The molecule has 5 rings (SSSR count). The Morgan fingerprint density at radius 3 is 2.22 bits per heavy atom. The second-order valence-electron chi connectivity index (χ2n) is 8.48. The lowest BCUT2D eigenvalue weighted by atomic mass is 9.98. The summed E-state index contributed by atoms with van der Waals surface area (Å²) in [7, 11) is 0. The number of esters is 1. The number of rotatable bonds is 6. The average molecular weight is 492 g/mol. The van der Waals surface area contributed by atoms with Crippen LogP contribution in [0.5, 0.6) is 0 Å². The van der Waals surface area contributed by atoms with Crippen LogP contribution in [0.1, 0.15) is 37.9 Å². The van der Waals surface area contributed by atoms with E-state index in [0.717, 1.165) is 5.56 Å². The Kier molecular flexibility index (Phi) is 6.61.